The van der Waals surface area contributed by atoms with Gasteiger partial charge in [0.25, 0.3) is 5.91 Å². The summed E-state index contributed by atoms with van der Waals surface area (Å²) in [5.41, 5.74) is 8.24. The predicted molar refractivity (Wildman–Crippen MR) is 87.9 cm³/mol. The minimum absolute atomic E-state index is 0.134. The highest BCUT2D eigenvalue weighted by Gasteiger charge is 2.18. The highest BCUT2D eigenvalue weighted by Crippen LogP contribution is 2.23. The zero-order valence-electron chi connectivity index (χ0n) is 11.8. The third-order valence-corrected chi connectivity index (χ3v) is 3.50. The van der Waals surface area contributed by atoms with Gasteiger partial charge in [0.2, 0.25) is 0 Å². The largest absolute Gasteiger partial charge is 0.508 e. The summed E-state index contributed by atoms with van der Waals surface area (Å²) in [5, 5.41) is 9.43. The van der Waals surface area contributed by atoms with Crippen molar-refractivity contribution in [3.05, 3.63) is 59.2 Å². The van der Waals surface area contributed by atoms with E-state index in [1.807, 2.05) is 12.1 Å². The fourth-order valence-corrected chi connectivity index (χ4v) is 2.32. The molecule has 0 saturated heterocycles. The number of benzene rings is 2. The van der Waals surface area contributed by atoms with Crippen LogP contribution in [0.1, 0.15) is 21.5 Å². The average molecular weight is 300 g/mol. The summed E-state index contributed by atoms with van der Waals surface area (Å²) in [6.45, 7) is 1.78. The first-order chi connectivity index (χ1) is 9.91. The fraction of sp³-hybridized carbons (Fsp3) is 0.125. The number of hydrogen-bond donors (Lipinski definition) is 2. The number of para-hydroxylation sites is 1. The number of thiocarbonyl (C=S) groups is 1. The second kappa shape index (κ2) is 5.93. The summed E-state index contributed by atoms with van der Waals surface area (Å²) < 4.78 is 0. The number of hydrogen-bond acceptors (Lipinski definition) is 3. The first kappa shape index (κ1) is 15.0. The van der Waals surface area contributed by atoms with Gasteiger partial charge in [0, 0.05) is 18.2 Å². The van der Waals surface area contributed by atoms with E-state index in [1.54, 1.807) is 38.2 Å². The number of carbonyl (C=O) groups is 1. The van der Waals surface area contributed by atoms with Gasteiger partial charge in [-0.2, -0.15) is 0 Å². The fourth-order valence-electron chi connectivity index (χ4n) is 2.15. The van der Waals surface area contributed by atoms with Gasteiger partial charge in [-0.3, -0.25) is 4.79 Å². The van der Waals surface area contributed by atoms with Crippen LogP contribution in [0.3, 0.4) is 0 Å². The minimum atomic E-state index is -0.184. The first-order valence-corrected chi connectivity index (χ1v) is 6.79. The van der Waals surface area contributed by atoms with Crippen molar-refractivity contribution in [2.24, 2.45) is 5.73 Å². The van der Waals surface area contributed by atoms with Crippen molar-refractivity contribution in [1.82, 2.24) is 0 Å². The van der Waals surface area contributed by atoms with Crippen LogP contribution in [0.15, 0.2) is 42.5 Å². The lowest BCUT2D eigenvalue weighted by Gasteiger charge is -2.21. The summed E-state index contributed by atoms with van der Waals surface area (Å²) in [6, 6.07) is 11.9. The lowest BCUT2D eigenvalue weighted by Crippen LogP contribution is -2.29. The molecule has 0 fully saturated rings. The van der Waals surface area contributed by atoms with Crippen molar-refractivity contribution >= 4 is 28.8 Å². The Morgan fingerprint density at radius 2 is 1.86 bits per heavy atom. The minimum Gasteiger partial charge on any atom is -0.508 e. The van der Waals surface area contributed by atoms with Gasteiger partial charge in [0.1, 0.15) is 10.7 Å². The SMILES string of the molecule is Cc1cc(O)ccc1C(=O)N(C)c1ccccc1C(N)=S. The Hall–Kier alpha value is -2.40. The number of amides is 1. The summed E-state index contributed by atoms with van der Waals surface area (Å²) in [6.07, 6.45) is 0. The summed E-state index contributed by atoms with van der Waals surface area (Å²) in [7, 11) is 1.67. The second-order valence-electron chi connectivity index (χ2n) is 4.74. The van der Waals surface area contributed by atoms with E-state index in [1.165, 1.54) is 11.0 Å². The van der Waals surface area contributed by atoms with Gasteiger partial charge >= 0.3 is 0 Å². The molecule has 21 heavy (non-hydrogen) atoms. The van der Waals surface area contributed by atoms with Crippen LogP contribution in [0.4, 0.5) is 5.69 Å². The van der Waals surface area contributed by atoms with Gasteiger partial charge in [0.15, 0.2) is 0 Å². The van der Waals surface area contributed by atoms with Gasteiger partial charge in [-0.15, -0.1) is 0 Å². The van der Waals surface area contributed by atoms with E-state index in [0.29, 0.717) is 22.4 Å². The number of phenolic OH excluding ortho intramolecular Hbond substituents is 1. The van der Waals surface area contributed by atoms with Crippen LogP contribution in [-0.2, 0) is 0 Å². The Morgan fingerprint density at radius 3 is 2.48 bits per heavy atom. The van der Waals surface area contributed by atoms with Crippen LogP contribution in [0.25, 0.3) is 0 Å². The highest BCUT2D eigenvalue weighted by atomic mass is 32.1. The molecular weight excluding hydrogens is 284 g/mol. The van der Waals surface area contributed by atoms with E-state index in [9.17, 15) is 9.90 Å². The molecule has 2 aromatic rings. The molecule has 2 aromatic carbocycles. The maximum Gasteiger partial charge on any atom is 0.258 e. The van der Waals surface area contributed by atoms with Crippen molar-refractivity contribution < 1.29 is 9.90 Å². The van der Waals surface area contributed by atoms with Gasteiger partial charge < -0.3 is 15.7 Å². The molecule has 3 N–H and O–H groups in total. The molecule has 0 aromatic heterocycles. The van der Waals surface area contributed by atoms with Crippen molar-refractivity contribution in [2.75, 3.05) is 11.9 Å². The smallest absolute Gasteiger partial charge is 0.258 e. The maximum absolute atomic E-state index is 12.6. The summed E-state index contributed by atoms with van der Waals surface area (Å²) in [5.74, 6) is -0.0496. The molecule has 5 heteroatoms. The lowest BCUT2D eigenvalue weighted by molar-refractivity contribution is 0.0992. The average Bonchev–Trinajstić information content (AvgIpc) is 2.45. The Morgan fingerprint density at radius 1 is 1.19 bits per heavy atom. The molecule has 0 saturated carbocycles. The van der Waals surface area contributed by atoms with Crippen LogP contribution in [-0.4, -0.2) is 23.0 Å². The van der Waals surface area contributed by atoms with Crippen LogP contribution >= 0.6 is 12.2 Å². The zero-order chi connectivity index (χ0) is 15.6. The van der Waals surface area contributed by atoms with Crippen LogP contribution in [0.5, 0.6) is 5.75 Å². The molecule has 0 atom stereocenters. The zero-order valence-corrected chi connectivity index (χ0v) is 12.6. The number of phenols is 1. The molecule has 2 rings (SSSR count). The molecule has 0 bridgehead atoms. The Labute approximate surface area is 128 Å². The van der Waals surface area contributed by atoms with Crippen molar-refractivity contribution in [2.45, 2.75) is 6.92 Å². The van der Waals surface area contributed by atoms with Crippen LogP contribution < -0.4 is 10.6 Å². The van der Waals surface area contributed by atoms with E-state index in [4.69, 9.17) is 18.0 Å². The Balaban J connectivity index is 2.42. The third kappa shape index (κ3) is 3.03. The molecule has 0 radical (unpaired) electrons. The van der Waals surface area contributed by atoms with Crippen LogP contribution in [0.2, 0.25) is 0 Å². The van der Waals surface area contributed by atoms with Gasteiger partial charge in [0.05, 0.1) is 5.69 Å². The Kier molecular flexibility index (Phi) is 4.23. The van der Waals surface area contributed by atoms with Crippen molar-refractivity contribution in [3.8, 4) is 5.75 Å². The molecule has 1 amide bonds. The first-order valence-electron chi connectivity index (χ1n) is 6.38. The molecule has 0 aliphatic rings. The molecule has 4 nitrogen and oxygen atoms in total. The number of carbonyl (C=O) groups excluding carboxylic acids is 1. The van der Waals surface area contributed by atoms with E-state index in [0.717, 1.165) is 0 Å². The standard InChI is InChI=1S/C16H16N2O2S/c1-10-9-11(19)7-8-12(10)16(20)18(2)14-6-4-3-5-13(14)15(17)21/h3-9,19H,1-2H3,(H2,17,21). The van der Waals surface area contributed by atoms with Crippen molar-refractivity contribution in [1.29, 1.82) is 0 Å². The summed E-state index contributed by atoms with van der Waals surface area (Å²) >= 11 is 5.02. The number of rotatable bonds is 3. The number of aryl methyl sites for hydroxylation is 1. The number of anilines is 1. The third-order valence-electron chi connectivity index (χ3n) is 3.28. The van der Waals surface area contributed by atoms with Gasteiger partial charge in [-0.05, 0) is 42.8 Å². The highest BCUT2D eigenvalue weighted by molar-refractivity contribution is 7.80. The predicted octanol–water partition coefficient (Wildman–Crippen LogP) is 2.61. The molecule has 0 aliphatic carbocycles. The number of nitrogens with zero attached hydrogens (tertiary/aromatic N) is 1. The maximum atomic E-state index is 12.6. The normalized spacial score (nSPS) is 10.2. The topological polar surface area (TPSA) is 66.6 Å². The molecule has 0 unspecified atom stereocenters. The van der Waals surface area contributed by atoms with Crippen LogP contribution in [0, 0.1) is 6.92 Å². The molecule has 0 spiro atoms. The van der Waals surface area contributed by atoms with Gasteiger partial charge in [-0.25, -0.2) is 0 Å². The van der Waals surface area contributed by atoms with E-state index < -0.39 is 0 Å². The van der Waals surface area contributed by atoms with Gasteiger partial charge in [-0.1, -0.05) is 24.4 Å². The second-order valence-corrected chi connectivity index (χ2v) is 5.18. The molecule has 0 heterocycles. The molecule has 0 aliphatic heterocycles. The molecule has 108 valence electrons. The summed E-state index contributed by atoms with van der Waals surface area (Å²) in [4.78, 5) is 14.4. The number of nitrogens with two attached hydrogens (primary N) is 1. The lowest BCUT2D eigenvalue weighted by atomic mass is 10.1. The quantitative estimate of drug-likeness (QED) is 0.855. The van der Waals surface area contributed by atoms with E-state index >= 15 is 0 Å². The monoisotopic (exact) mass is 300 g/mol. The Bertz CT molecular complexity index is 713. The molecular formula is C16H16N2O2S. The number of aromatic hydroxyl groups is 1. The van der Waals surface area contributed by atoms with E-state index in [2.05, 4.69) is 0 Å². The van der Waals surface area contributed by atoms with Crippen molar-refractivity contribution in [3.63, 3.8) is 0 Å². The van der Waals surface area contributed by atoms with E-state index in [-0.39, 0.29) is 16.6 Å².